The minimum absolute atomic E-state index is 0.264. The molecule has 1 unspecified atom stereocenters. The van der Waals surface area contributed by atoms with Gasteiger partial charge in [0.15, 0.2) is 0 Å². The Labute approximate surface area is 113 Å². The average Bonchev–Trinajstić information content (AvgIpc) is 2.29. The summed E-state index contributed by atoms with van der Waals surface area (Å²) in [4.78, 5) is 0.264. The molecule has 2 aromatic carbocycles. The standard InChI is InChI=1S/C14H12Br2/c1-10-3-2-4-12(9-10)14(16)11-5-7-13(15)8-6-11/h2-9,14H,1H3. The molecule has 0 radical (unpaired) electrons. The van der Waals surface area contributed by atoms with E-state index in [9.17, 15) is 0 Å². The summed E-state index contributed by atoms with van der Waals surface area (Å²) in [7, 11) is 0. The van der Waals surface area contributed by atoms with Crippen molar-refractivity contribution in [2.45, 2.75) is 11.8 Å². The van der Waals surface area contributed by atoms with Gasteiger partial charge in [-0.25, -0.2) is 0 Å². The lowest BCUT2D eigenvalue weighted by Gasteiger charge is -2.11. The van der Waals surface area contributed by atoms with E-state index in [1.165, 1.54) is 16.7 Å². The van der Waals surface area contributed by atoms with Crippen LogP contribution in [0, 0.1) is 6.92 Å². The molecule has 0 amide bonds. The van der Waals surface area contributed by atoms with Gasteiger partial charge in [-0.15, -0.1) is 0 Å². The van der Waals surface area contributed by atoms with Gasteiger partial charge < -0.3 is 0 Å². The summed E-state index contributed by atoms with van der Waals surface area (Å²) < 4.78 is 1.11. The molecule has 0 aliphatic rings. The number of halogens is 2. The molecular weight excluding hydrogens is 328 g/mol. The summed E-state index contributed by atoms with van der Waals surface area (Å²) in [6.07, 6.45) is 0. The van der Waals surface area contributed by atoms with Crippen LogP contribution in [-0.4, -0.2) is 0 Å². The van der Waals surface area contributed by atoms with Crippen molar-refractivity contribution in [2.75, 3.05) is 0 Å². The second kappa shape index (κ2) is 5.15. The third kappa shape index (κ3) is 2.74. The van der Waals surface area contributed by atoms with Gasteiger partial charge in [0, 0.05) is 4.47 Å². The molecule has 0 aromatic heterocycles. The Bertz CT molecular complexity index is 474. The molecule has 0 N–H and O–H groups in total. The Kier molecular flexibility index (Phi) is 3.82. The van der Waals surface area contributed by atoms with Gasteiger partial charge in [-0.3, -0.25) is 0 Å². The number of hydrogen-bond acceptors (Lipinski definition) is 0. The van der Waals surface area contributed by atoms with Crippen molar-refractivity contribution in [1.29, 1.82) is 0 Å². The van der Waals surface area contributed by atoms with E-state index in [1.807, 2.05) is 0 Å². The minimum Gasteiger partial charge on any atom is -0.0786 e. The maximum Gasteiger partial charge on any atom is 0.0644 e. The van der Waals surface area contributed by atoms with E-state index in [-0.39, 0.29) is 4.83 Å². The van der Waals surface area contributed by atoms with E-state index in [2.05, 4.69) is 87.3 Å². The first-order chi connectivity index (χ1) is 7.66. The fourth-order valence-corrected chi connectivity index (χ4v) is 2.51. The topological polar surface area (TPSA) is 0 Å². The highest BCUT2D eigenvalue weighted by molar-refractivity contribution is 9.10. The molecule has 0 nitrogen and oxygen atoms in total. The zero-order chi connectivity index (χ0) is 11.5. The molecule has 2 rings (SSSR count). The predicted molar refractivity (Wildman–Crippen MR) is 76.1 cm³/mol. The fourth-order valence-electron chi connectivity index (χ4n) is 1.65. The highest BCUT2D eigenvalue weighted by Crippen LogP contribution is 2.31. The van der Waals surface area contributed by atoms with E-state index in [0.717, 1.165) is 4.47 Å². The summed E-state index contributed by atoms with van der Waals surface area (Å²) in [6, 6.07) is 17.0. The molecule has 2 aromatic rings. The van der Waals surface area contributed by atoms with Gasteiger partial charge in [-0.05, 0) is 30.2 Å². The summed E-state index contributed by atoms with van der Waals surface area (Å²) in [5.74, 6) is 0. The highest BCUT2D eigenvalue weighted by Gasteiger charge is 2.09. The van der Waals surface area contributed by atoms with Crippen LogP contribution in [0.5, 0.6) is 0 Å². The van der Waals surface area contributed by atoms with Gasteiger partial charge in [0.1, 0.15) is 0 Å². The SMILES string of the molecule is Cc1cccc(C(Br)c2ccc(Br)cc2)c1. The molecule has 0 fully saturated rings. The Morgan fingerprint density at radius 2 is 1.62 bits per heavy atom. The monoisotopic (exact) mass is 338 g/mol. The van der Waals surface area contributed by atoms with Gasteiger partial charge in [0.2, 0.25) is 0 Å². The number of rotatable bonds is 2. The van der Waals surface area contributed by atoms with Gasteiger partial charge in [0.05, 0.1) is 4.83 Å². The molecule has 2 heteroatoms. The minimum atomic E-state index is 0.264. The second-order valence-corrected chi connectivity index (χ2v) is 5.66. The first-order valence-corrected chi connectivity index (χ1v) is 6.84. The lowest BCUT2D eigenvalue weighted by atomic mass is 10.0. The zero-order valence-corrected chi connectivity index (χ0v) is 12.1. The van der Waals surface area contributed by atoms with Crippen molar-refractivity contribution in [3.8, 4) is 0 Å². The first kappa shape index (κ1) is 11.9. The normalized spacial score (nSPS) is 12.4. The lowest BCUT2D eigenvalue weighted by Crippen LogP contribution is -1.92. The third-order valence-electron chi connectivity index (χ3n) is 2.50. The van der Waals surface area contributed by atoms with Gasteiger partial charge in [-0.2, -0.15) is 0 Å². The molecule has 1 atom stereocenters. The van der Waals surface area contributed by atoms with Crippen LogP contribution in [0.3, 0.4) is 0 Å². The van der Waals surface area contributed by atoms with Gasteiger partial charge >= 0.3 is 0 Å². The van der Waals surface area contributed by atoms with E-state index in [4.69, 9.17) is 0 Å². The highest BCUT2D eigenvalue weighted by atomic mass is 79.9. The molecule has 0 saturated heterocycles. The van der Waals surface area contributed by atoms with E-state index >= 15 is 0 Å². The second-order valence-electron chi connectivity index (χ2n) is 3.83. The summed E-state index contributed by atoms with van der Waals surface area (Å²) in [6.45, 7) is 2.12. The molecular formula is C14H12Br2. The fraction of sp³-hybridized carbons (Fsp3) is 0.143. The van der Waals surface area contributed by atoms with Crippen LogP contribution in [0.2, 0.25) is 0 Å². The first-order valence-electron chi connectivity index (χ1n) is 5.13. The molecule has 0 spiro atoms. The van der Waals surface area contributed by atoms with Crippen LogP contribution in [0.4, 0.5) is 0 Å². The van der Waals surface area contributed by atoms with Crippen molar-refractivity contribution in [3.05, 3.63) is 69.7 Å². The molecule has 0 saturated carbocycles. The number of alkyl halides is 1. The Hall–Kier alpha value is -0.600. The van der Waals surface area contributed by atoms with Crippen molar-refractivity contribution < 1.29 is 0 Å². The zero-order valence-electron chi connectivity index (χ0n) is 8.95. The average molecular weight is 340 g/mol. The van der Waals surface area contributed by atoms with E-state index in [0.29, 0.717) is 0 Å². The molecule has 0 aliphatic heterocycles. The van der Waals surface area contributed by atoms with Crippen molar-refractivity contribution >= 4 is 31.9 Å². The van der Waals surface area contributed by atoms with Crippen molar-refractivity contribution in [3.63, 3.8) is 0 Å². The van der Waals surface area contributed by atoms with Crippen LogP contribution < -0.4 is 0 Å². The summed E-state index contributed by atoms with van der Waals surface area (Å²) in [5.41, 5.74) is 3.86. The predicted octanol–water partition coefficient (Wildman–Crippen LogP) is 5.24. The molecule has 0 bridgehead atoms. The Balaban J connectivity index is 2.31. The molecule has 0 aliphatic carbocycles. The quantitative estimate of drug-likeness (QED) is 0.656. The summed E-state index contributed by atoms with van der Waals surface area (Å²) >= 11 is 7.18. The van der Waals surface area contributed by atoms with Crippen LogP contribution in [0.1, 0.15) is 21.5 Å². The number of aryl methyl sites for hydroxylation is 1. The van der Waals surface area contributed by atoms with Crippen molar-refractivity contribution in [2.24, 2.45) is 0 Å². The van der Waals surface area contributed by atoms with Crippen LogP contribution in [0.25, 0.3) is 0 Å². The van der Waals surface area contributed by atoms with Gasteiger partial charge in [0.25, 0.3) is 0 Å². The smallest absolute Gasteiger partial charge is 0.0644 e. The molecule has 16 heavy (non-hydrogen) atoms. The Morgan fingerprint density at radius 1 is 0.938 bits per heavy atom. The molecule has 82 valence electrons. The van der Waals surface area contributed by atoms with E-state index < -0.39 is 0 Å². The Morgan fingerprint density at radius 3 is 2.25 bits per heavy atom. The van der Waals surface area contributed by atoms with Crippen LogP contribution in [0.15, 0.2) is 53.0 Å². The maximum absolute atomic E-state index is 3.74. The number of benzene rings is 2. The third-order valence-corrected chi connectivity index (χ3v) is 4.08. The van der Waals surface area contributed by atoms with Crippen molar-refractivity contribution in [1.82, 2.24) is 0 Å². The van der Waals surface area contributed by atoms with Gasteiger partial charge in [-0.1, -0.05) is 73.8 Å². The largest absolute Gasteiger partial charge is 0.0786 e. The molecule has 0 heterocycles. The number of hydrogen-bond donors (Lipinski definition) is 0. The van der Waals surface area contributed by atoms with Crippen LogP contribution >= 0.6 is 31.9 Å². The maximum atomic E-state index is 3.74. The lowest BCUT2D eigenvalue weighted by molar-refractivity contribution is 1.17. The summed E-state index contributed by atoms with van der Waals surface area (Å²) in [5, 5.41) is 0. The van der Waals surface area contributed by atoms with Crippen LogP contribution in [-0.2, 0) is 0 Å². The van der Waals surface area contributed by atoms with E-state index in [1.54, 1.807) is 0 Å².